The molecule has 0 aromatic heterocycles. The minimum atomic E-state index is -0.526. The molecule has 2 rings (SSSR count). The van der Waals surface area contributed by atoms with Crippen molar-refractivity contribution in [2.75, 3.05) is 25.0 Å². The number of likely N-dealkylation sites (tertiary alicyclic amines) is 1. The van der Waals surface area contributed by atoms with Gasteiger partial charge in [-0.25, -0.2) is 0 Å². The normalized spacial score (nSPS) is 22.8. The average molecular weight is 293 g/mol. The smallest absolute Gasteiger partial charge is 0.292 e. The summed E-state index contributed by atoms with van der Waals surface area (Å²) in [7, 11) is 0. The largest absolute Gasteiger partial charge is 0.392 e. The van der Waals surface area contributed by atoms with Crippen molar-refractivity contribution in [2.24, 2.45) is 5.92 Å². The number of para-hydroxylation sites is 2. The first-order chi connectivity index (χ1) is 9.97. The van der Waals surface area contributed by atoms with Crippen molar-refractivity contribution < 1.29 is 14.8 Å². The number of carbonyl (C=O) groups is 1. The minimum Gasteiger partial charge on any atom is -0.392 e. The molecule has 21 heavy (non-hydrogen) atoms. The summed E-state index contributed by atoms with van der Waals surface area (Å²) in [5.41, 5.74) is 0.0663. The zero-order chi connectivity index (χ0) is 15.4. The first kappa shape index (κ1) is 15.4. The highest BCUT2D eigenvalue weighted by molar-refractivity contribution is 5.94. The third-order valence-corrected chi connectivity index (χ3v) is 3.74. The fraction of sp³-hybridized carbons (Fsp3) is 0.500. The standard InChI is InChI=1S/C14H19N3O4/c1-10-6-7-16(8-13(10)18)9-14(19)15-11-4-2-3-5-12(11)17(20)21/h2-5,10,13,18H,6-9H2,1H3,(H,15,19). The highest BCUT2D eigenvalue weighted by Gasteiger charge is 2.25. The van der Waals surface area contributed by atoms with E-state index >= 15 is 0 Å². The molecular weight excluding hydrogens is 274 g/mol. The second-order valence-electron chi connectivity index (χ2n) is 5.39. The number of nitrogens with one attached hydrogen (secondary N) is 1. The number of nitro groups is 1. The molecule has 0 bridgehead atoms. The summed E-state index contributed by atoms with van der Waals surface area (Å²) in [5.74, 6) is -0.0782. The van der Waals surface area contributed by atoms with Crippen LogP contribution in [0, 0.1) is 16.0 Å². The van der Waals surface area contributed by atoms with Gasteiger partial charge in [0.1, 0.15) is 5.69 Å². The van der Waals surface area contributed by atoms with Crippen LogP contribution in [0.5, 0.6) is 0 Å². The van der Waals surface area contributed by atoms with Crippen LogP contribution in [0.1, 0.15) is 13.3 Å². The molecule has 0 aliphatic carbocycles. The molecule has 0 saturated carbocycles. The number of nitrogens with zero attached hydrogens (tertiary/aromatic N) is 2. The van der Waals surface area contributed by atoms with Crippen LogP contribution in [0.25, 0.3) is 0 Å². The van der Waals surface area contributed by atoms with E-state index in [4.69, 9.17) is 0 Å². The van der Waals surface area contributed by atoms with E-state index in [-0.39, 0.29) is 29.7 Å². The van der Waals surface area contributed by atoms with Crippen LogP contribution >= 0.6 is 0 Å². The molecule has 1 aliphatic rings. The second kappa shape index (κ2) is 6.64. The van der Waals surface area contributed by atoms with Crippen LogP contribution in [0.3, 0.4) is 0 Å². The van der Waals surface area contributed by atoms with Crippen molar-refractivity contribution in [2.45, 2.75) is 19.4 Å². The number of amides is 1. The van der Waals surface area contributed by atoms with E-state index in [1.807, 2.05) is 11.8 Å². The topological polar surface area (TPSA) is 95.7 Å². The van der Waals surface area contributed by atoms with E-state index in [1.165, 1.54) is 12.1 Å². The van der Waals surface area contributed by atoms with Crippen molar-refractivity contribution >= 4 is 17.3 Å². The first-order valence-electron chi connectivity index (χ1n) is 6.91. The molecule has 0 spiro atoms. The monoisotopic (exact) mass is 293 g/mol. The summed E-state index contributed by atoms with van der Waals surface area (Å²) in [6, 6.07) is 6.04. The molecule has 1 aliphatic heterocycles. The average Bonchev–Trinajstić information content (AvgIpc) is 2.43. The highest BCUT2D eigenvalue weighted by atomic mass is 16.6. The molecule has 1 aromatic carbocycles. The third-order valence-electron chi connectivity index (χ3n) is 3.74. The maximum atomic E-state index is 12.0. The number of benzene rings is 1. The number of hydrogen-bond acceptors (Lipinski definition) is 5. The Morgan fingerprint density at radius 2 is 2.24 bits per heavy atom. The van der Waals surface area contributed by atoms with E-state index in [9.17, 15) is 20.0 Å². The lowest BCUT2D eigenvalue weighted by molar-refractivity contribution is -0.383. The van der Waals surface area contributed by atoms with Gasteiger partial charge in [0.05, 0.1) is 17.6 Å². The molecule has 0 radical (unpaired) electrons. The van der Waals surface area contributed by atoms with Crippen molar-refractivity contribution in [3.05, 3.63) is 34.4 Å². The van der Waals surface area contributed by atoms with Crippen LogP contribution in [-0.2, 0) is 4.79 Å². The summed E-state index contributed by atoms with van der Waals surface area (Å²) in [4.78, 5) is 24.2. The molecule has 2 N–H and O–H groups in total. The van der Waals surface area contributed by atoms with E-state index in [2.05, 4.69) is 5.32 Å². The zero-order valence-corrected chi connectivity index (χ0v) is 11.9. The number of aliphatic hydroxyl groups is 1. The van der Waals surface area contributed by atoms with E-state index in [0.29, 0.717) is 6.54 Å². The molecule has 1 saturated heterocycles. The Labute approximate surface area is 122 Å². The fourth-order valence-corrected chi connectivity index (χ4v) is 2.39. The minimum absolute atomic E-state index is 0.121. The Bertz CT molecular complexity index is 535. The number of aliphatic hydroxyl groups excluding tert-OH is 1. The lowest BCUT2D eigenvalue weighted by Gasteiger charge is -2.33. The zero-order valence-electron chi connectivity index (χ0n) is 11.9. The number of β-amino-alcohol motifs (C(OH)–C–C–N with tert-alkyl or cyclic N) is 1. The Kier molecular flexibility index (Phi) is 4.87. The maximum absolute atomic E-state index is 12.0. The van der Waals surface area contributed by atoms with E-state index in [0.717, 1.165) is 13.0 Å². The van der Waals surface area contributed by atoms with Crippen molar-refractivity contribution in [3.63, 3.8) is 0 Å². The number of hydrogen-bond donors (Lipinski definition) is 2. The van der Waals surface area contributed by atoms with Crippen LogP contribution in [0.2, 0.25) is 0 Å². The molecule has 2 atom stereocenters. The lowest BCUT2D eigenvalue weighted by atomic mass is 9.96. The molecule has 1 amide bonds. The molecule has 2 unspecified atom stereocenters. The number of rotatable bonds is 4. The molecule has 7 heteroatoms. The van der Waals surface area contributed by atoms with Crippen LogP contribution in [-0.4, -0.2) is 46.6 Å². The quantitative estimate of drug-likeness (QED) is 0.643. The van der Waals surface area contributed by atoms with Gasteiger partial charge in [0.15, 0.2) is 0 Å². The van der Waals surface area contributed by atoms with Gasteiger partial charge < -0.3 is 10.4 Å². The Hall–Kier alpha value is -1.99. The Balaban J connectivity index is 1.95. The summed E-state index contributed by atoms with van der Waals surface area (Å²) < 4.78 is 0. The van der Waals surface area contributed by atoms with Crippen LogP contribution in [0.4, 0.5) is 11.4 Å². The Morgan fingerprint density at radius 1 is 1.52 bits per heavy atom. The number of nitro benzene ring substituents is 1. The molecular formula is C14H19N3O4. The number of anilines is 1. The Morgan fingerprint density at radius 3 is 2.90 bits per heavy atom. The predicted molar refractivity (Wildman–Crippen MR) is 78.0 cm³/mol. The van der Waals surface area contributed by atoms with Gasteiger partial charge in [-0.3, -0.25) is 19.8 Å². The van der Waals surface area contributed by atoms with Gasteiger partial charge in [-0.15, -0.1) is 0 Å². The van der Waals surface area contributed by atoms with Gasteiger partial charge in [-0.1, -0.05) is 19.1 Å². The van der Waals surface area contributed by atoms with Gasteiger partial charge in [-0.05, 0) is 24.9 Å². The van der Waals surface area contributed by atoms with Gasteiger partial charge in [0, 0.05) is 12.6 Å². The molecule has 1 aromatic rings. The van der Waals surface area contributed by atoms with Gasteiger partial charge in [-0.2, -0.15) is 0 Å². The van der Waals surface area contributed by atoms with Crippen LogP contribution < -0.4 is 5.32 Å². The molecule has 7 nitrogen and oxygen atoms in total. The predicted octanol–water partition coefficient (Wildman–Crippen LogP) is 1.24. The second-order valence-corrected chi connectivity index (χ2v) is 5.39. The van der Waals surface area contributed by atoms with Crippen LogP contribution in [0.15, 0.2) is 24.3 Å². The summed E-state index contributed by atoms with van der Waals surface area (Å²) in [6.45, 7) is 3.29. The SMILES string of the molecule is CC1CCN(CC(=O)Nc2ccccc2[N+](=O)[O-])CC1O. The highest BCUT2D eigenvalue weighted by Crippen LogP contribution is 2.23. The number of piperidine rings is 1. The summed E-state index contributed by atoms with van der Waals surface area (Å²) in [5, 5.41) is 23.2. The van der Waals surface area contributed by atoms with Crippen molar-refractivity contribution in [1.29, 1.82) is 0 Å². The van der Waals surface area contributed by atoms with E-state index in [1.54, 1.807) is 12.1 Å². The fourth-order valence-electron chi connectivity index (χ4n) is 2.39. The lowest BCUT2D eigenvalue weighted by Crippen LogP contribution is -2.45. The van der Waals surface area contributed by atoms with Gasteiger partial charge in [0.25, 0.3) is 5.69 Å². The first-order valence-corrected chi connectivity index (χ1v) is 6.91. The molecule has 1 heterocycles. The third kappa shape index (κ3) is 3.99. The van der Waals surface area contributed by atoms with Crippen molar-refractivity contribution in [1.82, 2.24) is 4.90 Å². The van der Waals surface area contributed by atoms with E-state index < -0.39 is 11.0 Å². The summed E-state index contributed by atoms with van der Waals surface area (Å²) in [6.07, 6.45) is 0.400. The van der Waals surface area contributed by atoms with Gasteiger partial charge >= 0.3 is 0 Å². The summed E-state index contributed by atoms with van der Waals surface area (Å²) >= 11 is 0. The molecule has 1 fully saturated rings. The van der Waals surface area contributed by atoms with Gasteiger partial charge in [0.2, 0.25) is 5.91 Å². The van der Waals surface area contributed by atoms with Crippen molar-refractivity contribution in [3.8, 4) is 0 Å². The maximum Gasteiger partial charge on any atom is 0.292 e. The number of carbonyl (C=O) groups excluding carboxylic acids is 1. The molecule has 114 valence electrons.